The second kappa shape index (κ2) is 11.1. The quantitative estimate of drug-likeness (QED) is 0.466. The summed E-state index contributed by atoms with van der Waals surface area (Å²) in [7, 11) is 0. The first-order chi connectivity index (χ1) is 15.5. The summed E-state index contributed by atoms with van der Waals surface area (Å²) in [6, 6.07) is 16.8. The molecule has 2 aromatic carbocycles. The van der Waals surface area contributed by atoms with Gasteiger partial charge in [0, 0.05) is 25.4 Å². The molecule has 0 radical (unpaired) electrons. The molecule has 0 aliphatic carbocycles. The zero-order valence-corrected chi connectivity index (χ0v) is 18.5. The monoisotopic (exact) mass is 437 g/mol. The highest BCUT2D eigenvalue weighted by Gasteiger charge is 2.19. The van der Waals surface area contributed by atoms with Crippen LogP contribution in [0.25, 0.3) is 0 Å². The van der Waals surface area contributed by atoms with Gasteiger partial charge >= 0.3 is 6.03 Å². The van der Waals surface area contributed by atoms with Gasteiger partial charge in [0.15, 0.2) is 11.5 Å². The third-order valence-electron chi connectivity index (χ3n) is 5.03. The molecule has 1 N–H and O–H groups in total. The summed E-state index contributed by atoms with van der Waals surface area (Å²) in [5.74, 6) is 1.39. The summed E-state index contributed by atoms with van der Waals surface area (Å²) >= 11 is 0. The van der Waals surface area contributed by atoms with Crippen molar-refractivity contribution in [3.8, 4) is 17.4 Å². The van der Waals surface area contributed by atoms with E-state index in [0.717, 1.165) is 11.1 Å². The normalized spacial score (nSPS) is 11.5. The number of nitrogens with zero attached hydrogens (tertiary/aromatic N) is 2. The Morgan fingerprint density at radius 3 is 2.41 bits per heavy atom. The van der Waals surface area contributed by atoms with Crippen LogP contribution in [0.3, 0.4) is 0 Å². The number of para-hydroxylation sites is 2. The van der Waals surface area contributed by atoms with Crippen molar-refractivity contribution in [2.24, 2.45) is 0 Å². The van der Waals surface area contributed by atoms with Crippen molar-refractivity contribution in [1.29, 1.82) is 0 Å². The van der Waals surface area contributed by atoms with E-state index in [1.54, 1.807) is 29.3 Å². The van der Waals surface area contributed by atoms with E-state index < -0.39 is 0 Å². The van der Waals surface area contributed by atoms with E-state index in [-0.39, 0.29) is 17.9 Å². The number of amides is 2. The van der Waals surface area contributed by atoms with Gasteiger partial charge in [-0.1, -0.05) is 30.3 Å². The maximum Gasteiger partial charge on any atom is 0.318 e. The fourth-order valence-corrected chi connectivity index (χ4v) is 3.29. The van der Waals surface area contributed by atoms with Crippen molar-refractivity contribution in [2.45, 2.75) is 33.4 Å². The van der Waals surface area contributed by atoms with Crippen molar-refractivity contribution in [1.82, 2.24) is 15.2 Å². The van der Waals surface area contributed by atoms with Crippen LogP contribution in [0.15, 0.2) is 66.9 Å². The second-order valence-electron chi connectivity index (χ2n) is 7.16. The third-order valence-corrected chi connectivity index (χ3v) is 5.03. The highest BCUT2D eigenvalue weighted by molar-refractivity contribution is 5.74. The molecule has 1 aromatic heterocycles. The van der Waals surface area contributed by atoms with E-state index in [2.05, 4.69) is 10.3 Å². The first-order valence-electron chi connectivity index (χ1n) is 10.7. The molecule has 3 rings (SSSR count). The molecule has 1 atom stereocenters. The summed E-state index contributed by atoms with van der Waals surface area (Å²) < 4.78 is 24.6. The number of rotatable bonds is 9. The van der Waals surface area contributed by atoms with Gasteiger partial charge in [0.05, 0.1) is 12.6 Å². The Morgan fingerprint density at radius 1 is 1.06 bits per heavy atom. The maximum atomic E-state index is 13.2. The molecule has 168 valence electrons. The minimum atomic E-state index is -0.297. The van der Waals surface area contributed by atoms with Gasteiger partial charge < -0.3 is 19.7 Å². The minimum Gasteiger partial charge on any atom is -0.490 e. The number of benzene rings is 2. The molecule has 6 nitrogen and oxygen atoms in total. The lowest BCUT2D eigenvalue weighted by Crippen LogP contribution is -2.41. The number of pyridine rings is 1. The molecule has 0 bridgehead atoms. The molecule has 0 fully saturated rings. The molecular formula is C25H28FN3O3. The predicted molar refractivity (Wildman–Crippen MR) is 121 cm³/mol. The predicted octanol–water partition coefficient (Wildman–Crippen LogP) is 5.70. The topological polar surface area (TPSA) is 63.7 Å². The molecule has 0 aliphatic rings. The number of ether oxygens (including phenoxy) is 2. The van der Waals surface area contributed by atoms with Crippen molar-refractivity contribution in [2.75, 3.05) is 13.2 Å². The van der Waals surface area contributed by atoms with E-state index in [4.69, 9.17) is 9.47 Å². The molecule has 0 saturated heterocycles. The minimum absolute atomic E-state index is 0.181. The SMILES string of the molecule is CCOc1ccccc1Oc1ccc(CNC(=O)N(CC)C(C)c2ccc(F)cc2)cn1. The standard InChI is InChI=1S/C25H28FN3O3/c1-4-29(18(3)20-11-13-21(26)14-12-20)25(30)28-17-19-10-15-24(27-16-19)32-23-9-7-6-8-22(23)31-5-2/h6-16,18H,4-5,17H2,1-3H3,(H,28,30). The molecule has 1 heterocycles. The Balaban J connectivity index is 1.58. The van der Waals surface area contributed by atoms with Gasteiger partial charge in [0.2, 0.25) is 5.88 Å². The number of halogens is 1. The van der Waals surface area contributed by atoms with Crippen LogP contribution in [0.2, 0.25) is 0 Å². The average molecular weight is 438 g/mol. The number of aromatic nitrogens is 1. The number of hydrogen-bond donors (Lipinski definition) is 1. The van der Waals surface area contributed by atoms with Crippen molar-refractivity contribution >= 4 is 6.03 Å². The van der Waals surface area contributed by atoms with Crippen LogP contribution in [0.5, 0.6) is 17.4 Å². The van der Waals surface area contributed by atoms with Gasteiger partial charge in [-0.05, 0) is 56.2 Å². The zero-order chi connectivity index (χ0) is 22.9. The molecule has 0 spiro atoms. The molecule has 32 heavy (non-hydrogen) atoms. The highest BCUT2D eigenvalue weighted by atomic mass is 19.1. The smallest absolute Gasteiger partial charge is 0.318 e. The molecular weight excluding hydrogens is 409 g/mol. The van der Waals surface area contributed by atoms with Crippen LogP contribution in [0.4, 0.5) is 9.18 Å². The molecule has 2 amide bonds. The van der Waals surface area contributed by atoms with Crippen molar-refractivity contribution < 1.29 is 18.7 Å². The molecule has 7 heteroatoms. The fourth-order valence-electron chi connectivity index (χ4n) is 3.29. The number of carbonyl (C=O) groups is 1. The molecule has 1 unspecified atom stereocenters. The molecule has 0 aliphatic heterocycles. The first-order valence-corrected chi connectivity index (χ1v) is 10.7. The largest absolute Gasteiger partial charge is 0.490 e. The number of urea groups is 1. The van der Waals surface area contributed by atoms with Crippen LogP contribution in [0, 0.1) is 5.82 Å². The zero-order valence-electron chi connectivity index (χ0n) is 18.5. The van der Waals surface area contributed by atoms with Crippen LogP contribution in [-0.4, -0.2) is 29.1 Å². The number of nitrogens with one attached hydrogen (secondary N) is 1. The molecule has 0 saturated carbocycles. The van der Waals surface area contributed by atoms with E-state index in [9.17, 15) is 9.18 Å². The number of hydrogen-bond acceptors (Lipinski definition) is 4. The summed E-state index contributed by atoms with van der Waals surface area (Å²) in [6.45, 7) is 7.14. The summed E-state index contributed by atoms with van der Waals surface area (Å²) in [5, 5.41) is 2.92. The Labute approximate surface area is 188 Å². The van der Waals surface area contributed by atoms with Crippen LogP contribution < -0.4 is 14.8 Å². The van der Waals surface area contributed by atoms with E-state index in [0.29, 0.717) is 37.1 Å². The first kappa shape index (κ1) is 23.1. The van der Waals surface area contributed by atoms with E-state index in [1.807, 2.05) is 51.1 Å². The van der Waals surface area contributed by atoms with E-state index >= 15 is 0 Å². The van der Waals surface area contributed by atoms with Gasteiger partial charge in [0.1, 0.15) is 5.82 Å². The molecule has 3 aromatic rings. The number of carbonyl (C=O) groups excluding carboxylic acids is 1. The lowest BCUT2D eigenvalue weighted by molar-refractivity contribution is 0.182. The van der Waals surface area contributed by atoms with Gasteiger partial charge in [-0.25, -0.2) is 14.2 Å². The van der Waals surface area contributed by atoms with Crippen molar-refractivity contribution in [3.63, 3.8) is 0 Å². The lowest BCUT2D eigenvalue weighted by atomic mass is 10.1. The van der Waals surface area contributed by atoms with Gasteiger partial charge in [-0.3, -0.25) is 0 Å². The van der Waals surface area contributed by atoms with Crippen LogP contribution in [-0.2, 0) is 6.54 Å². The Kier molecular flexibility index (Phi) is 8.02. The average Bonchev–Trinajstić information content (AvgIpc) is 2.81. The summed E-state index contributed by atoms with van der Waals surface area (Å²) in [5.41, 5.74) is 1.72. The van der Waals surface area contributed by atoms with Crippen LogP contribution in [0.1, 0.15) is 37.9 Å². The Hall–Kier alpha value is -3.61. The van der Waals surface area contributed by atoms with Gasteiger partial charge in [-0.2, -0.15) is 0 Å². The second-order valence-corrected chi connectivity index (χ2v) is 7.16. The Morgan fingerprint density at radius 2 is 1.78 bits per heavy atom. The summed E-state index contributed by atoms with van der Waals surface area (Å²) in [4.78, 5) is 18.7. The third kappa shape index (κ3) is 5.97. The summed E-state index contributed by atoms with van der Waals surface area (Å²) in [6.07, 6.45) is 1.67. The fraction of sp³-hybridized carbons (Fsp3) is 0.280. The Bertz CT molecular complexity index is 1010. The lowest BCUT2D eigenvalue weighted by Gasteiger charge is -2.28. The van der Waals surface area contributed by atoms with E-state index in [1.165, 1.54) is 12.1 Å². The van der Waals surface area contributed by atoms with Gasteiger partial charge in [-0.15, -0.1) is 0 Å². The van der Waals surface area contributed by atoms with Crippen molar-refractivity contribution in [3.05, 3.63) is 83.8 Å². The van der Waals surface area contributed by atoms with Crippen LogP contribution >= 0.6 is 0 Å². The van der Waals surface area contributed by atoms with Gasteiger partial charge in [0.25, 0.3) is 0 Å². The highest BCUT2D eigenvalue weighted by Crippen LogP contribution is 2.30. The maximum absolute atomic E-state index is 13.2.